The number of aryl methyl sites for hydroxylation is 1. The Balaban J connectivity index is 1.87. The molecule has 0 saturated heterocycles. The topological polar surface area (TPSA) is 68.6 Å². The number of hydrogen-bond donors (Lipinski definition) is 1. The minimum Gasteiger partial charge on any atom is -0.488 e. The molecule has 0 radical (unpaired) electrons. The van der Waals surface area contributed by atoms with Gasteiger partial charge < -0.3 is 19.7 Å². The highest BCUT2D eigenvalue weighted by atomic mass is 16.5. The normalized spacial score (nSPS) is 11.3. The number of carbonyl (C=O) groups excluding carboxylic acids is 1. The summed E-state index contributed by atoms with van der Waals surface area (Å²) in [6, 6.07) is 15.2. The number of nitrogens with zero attached hydrogens (tertiary/aromatic N) is 3. The first-order valence-corrected chi connectivity index (χ1v) is 11.4. The van der Waals surface area contributed by atoms with Crippen LogP contribution in [0, 0.1) is 11.8 Å². The van der Waals surface area contributed by atoms with Crippen molar-refractivity contribution in [2.24, 2.45) is 7.05 Å². The van der Waals surface area contributed by atoms with Crippen LogP contribution in [-0.2, 0) is 11.8 Å². The maximum atomic E-state index is 12.9. The molecule has 0 fully saturated rings. The minimum atomic E-state index is -0.282. The van der Waals surface area contributed by atoms with Crippen LogP contribution in [0.25, 0.3) is 0 Å². The number of ether oxygens (including phenoxy) is 2. The Kier molecular flexibility index (Phi) is 8.72. The van der Waals surface area contributed by atoms with Crippen molar-refractivity contribution >= 4 is 17.4 Å². The third-order valence-electron chi connectivity index (χ3n) is 5.21. The second kappa shape index (κ2) is 11.9. The Labute approximate surface area is 201 Å². The van der Waals surface area contributed by atoms with Crippen LogP contribution in [0.15, 0.2) is 54.7 Å². The van der Waals surface area contributed by atoms with Gasteiger partial charge in [-0.15, -0.1) is 0 Å². The van der Waals surface area contributed by atoms with Crippen molar-refractivity contribution < 1.29 is 14.3 Å². The first-order chi connectivity index (χ1) is 16.4. The number of aromatic nitrogens is 2. The number of anilines is 2. The lowest BCUT2D eigenvalue weighted by Crippen LogP contribution is -2.21. The molecule has 2 aromatic carbocycles. The summed E-state index contributed by atoms with van der Waals surface area (Å²) in [5.74, 6) is 7.12. The van der Waals surface area contributed by atoms with Gasteiger partial charge in [0.2, 0.25) is 0 Å². The van der Waals surface area contributed by atoms with E-state index in [1.165, 1.54) is 5.69 Å². The largest absolute Gasteiger partial charge is 0.488 e. The van der Waals surface area contributed by atoms with E-state index in [2.05, 4.69) is 53.1 Å². The molecule has 1 atom stereocenters. The molecule has 0 spiro atoms. The quantitative estimate of drug-likeness (QED) is 0.482. The maximum absolute atomic E-state index is 12.9. The van der Waals surface area contributed by atoms with Crippen LogP contribution >= 0.6 is 0 Å². The van der Waals surface area contributed by atoms with Crippen molar-refractivity contribution in [3.8, 4) is 17.6 Å². The molecule has 0 aliphatic carbocycles. The lowest BCUT2D eigenvalue weighted by Gasteiger charge is -2.20. The molecule has 3 aromatic rings. The van der Waals surface area contributed by atoms with Crippen LogP contribution in [0.4, 0.5) is 11.5 Å². The van der Waals surface area contributed by atoms with E-state index >= 15 is 0 Å². The van der Waals surface area contributed by atoms with Crippen LogP contribution in [0.1, 0.15) is 42.3 Å². The summed E-state index contributed by atoms with van der Waals surface area (Å²) in [5.41, 5.74) is 3.19. The zero-order valence-electron chi connectivity index (χ0n) is 20.5. The fourth-order valence-electron chi connectivity index (χ4n) is 3.53. The molecule has 0 bridgehead atoms. The lowest BCUT2D eigenvalue weighted by molar-refractivity contribution is 0.0917. The molecule has 1 heterocycles. The van der Waals surface area contributed by atoms with E-state index in [4.69, 9.17) is 9.47 Å². The van der Waals surface area contributed by atoms with Gasteiger partial charge >= 0.3 is 0 Å². The summed E-state index contributed by atoms with van der Waals surface area (Å²) in [4.78, 5) is 15.2. The molecule has 7 heteroatoms. The summed E-state index contributed by atoms with van der Waals surface area (Å²) in [6.45, 7) is 8.54. The predicted molar refractivity (Wildman–Crippen MR) is 136 cm³/mol. The molecule has 34 heavy (non-hydrogen) atoms. The van der Waals surface area contributed by atoms with Crippen molar-refractivity contribution in [2.45, 2.75) is 26.9 Å². The van der Waals surface area contributed by atoms with E-state index < -0.39 is 0 Å². The Bertz CT molecular complexity index is 1150. The minimum absolute atomic E-state index is 0.174. The molecule has 0 saturated carbocycles. The highest BCUT2D eigenvalue weighted by molar-refractivity contribution is 6.04. The van der Waals surface area contributed by atoms with Gasteiger partial charge in [-0.1, -0.05) is 11.8 Å². The van der Waals surface area contributed by atoms with Crippen LogP contribution < -0.4 is 15.0 Å². The highest BCUT2D eigenvalue weighted by Gasteiger charge is 2.12. The molecule has 0 aliphatic rings. The van der Waals surface area contributed by atoms with Gasteiger partial charge in [-0.05, 0) is 63.2 Å². The molecular formula is C27H32N4O3. The Hall–Kier alpha value is -3.76. The number of nitrogens with one attached hydrogen (secondary N) is 1. The lowest BCUT2D eigenvalue weighted by atomic mass is 10.1. The molecular weight excluding hydrogens is 428 g/mol. The number of amides is 1. The smallest absolute Gasteiger partial charge is 0.257 e. The van der Waals surface area contributed by atoms with Gasteiger partial charge in [-0.25, -0.2) is 0 Å². The molecule has 178 valence electrons. The summed E-state index contributed by atoms with van der Waals surface area (Å²) >= 11 is 0. The van der Waals surface area contributed by atoms with Gasteiger partial charge in [-0.2, -0.15) is 5.10 Å². The maximum Gasteiger partial charge on any atom is 0.257 e. The molecule has 0 unspecified atom stereocenters. The zero-order chi connectivity index (χ0) is 24.5. The predicted octanol–water partition coefficient (Wildman–Crippen LogP) is 4.33. The zero-order valence-corrected chi connectivity index (χ0v) is 20.5. The fourth-order valence-corrected chi connectivity index (χ4v) is 3.53. The summed E-state index contributed by atoms with van der Waals surface area (Å²) in [6.07, 6.45) is 1.59. The SMILES string of the molecule is CCN(CC)c1ccc(C#Cc2cc(O[C@@H](C)COC)cc(C(=O)Nc3ccn(C)n3)c2)cc1. The average molecular weight is 461 g/mol. The van der Waals surface area contributed by atoms with Gasteiger partial charge in [0.25, 0.3) is 5.91 Å². The van der Waals surface area contributed by atoms with Gasteiger partial charge in [0.15, 0.2) is 5.82 Å². The van der Waals surface area contributed by atoms with E-state index in [0.29, 0.717) is 29.3 Å². The number of rotatable bonds is 9. The summed E-state index contributed by atoms with van der Waals surface area (Å²) in [7, 11) is 3.42. The third-order valence-corrected chi connectivity index (χ3v) is 5.21. The molecule has 0 aliphatic heterocycles. The molecule has 1 N–H and O–H groups in total. The van der Waals surface area contributed by atoms with E-state index in [0.717, 1.165) is 18.7 Å². The van der Waals surface area contributed by atoms with Gasteiger partial charge in [-0.3, -0.25) is 9.48 Å². The van der Waals surface area contributed by atoms with Gasteiger partial charge in [0, 0.05) is 61.9 Å². The number of methoxy groups -OCH3 is 1. The second-order valence-electron chi connectivity index (χ2n) is 7.93. The average Bonchev–Trinajstić information content (AvgIpc) is 3.23. The van der Waals surface area contributed by atoms with Crippen molar-refractivity contribution in [3.63, 3.8) is 0 Å². The molecule has 7 nitrogen and oxygen atoms in total. The van der Waals surface area contributed by atoms with Crippen LogP contribution in [0.3, 0.4) is 0 Å². The van der Waals surface area contributed by atoms with Crippen LogP contribution in [0.2, 0.25) is 0 Å². The van der Waals surface area contributed by atoms with Crippen molar-refractivity contribution in [1.82, 2.24) is 9.78 Å². The number of carbonyl (C=O) groups is 1. The Morgan fingerprint density at radius 1 is 1.09 bits per heavy atom. The van der Waals surface area contributed by atoms with Crippen molar-refractivity contribution in [1.29, 1.82) is 0 Å². The van der Waals surface area contributed by atoms with Gasteiger partial charge in [0.05, 0.1) is 6.61 Å². The summed E-state index contributed by atoms with van der Waals surface area (Å²) in [5, 5.41) is 7.02. The number of benzene rings is 2. The van der Waals surface area contributed by atoms with E-state index in [1.807, 2.05) is 25.1 Å². The third kappa shape index (κ3) is 6.87. The molecule has 1 amide bonds. The van der Waals surface area contributed by atoms with E-state index in [1.54, 1.807) is 43.2 Å². The first kappa shape index (κ1) is 24.9. The second-order valence-corrected chi connectivity index (χ2v) is 7.93. The van der Waals surface area contributed by atoms with Crippen molar-refractivity contribution in [3.05, 3.63) is 71.4 Å². The van der Waals surface area contributed by atoms with E-state index in [9.17, 15) is 4.79 Å². The fraction of sp³-hybridized carbons (Fsp3) is 0.333. The summed E-state index contributed by atoms with van der Waals surface area (Å²) < 4.78 is 12.8. The highest BCUT2D eigenvalue weighted by Crippen LogP contribution is 2.20. The Morgan fingerprint density at radius 2 is 1.79 bits per heavy atom. The van der Waals surface area contributed by atoms with Crippen LogP contribution in [0.5, 0.6) is 5.75 Å². The molecule has 3 rings (SSSR count). The first-order valence-electron chi connectivity index (χ1n) is 11.4. The number of hydrogen-bond acceptors (Lipinski definition) is 5. The van der Waals surface area contributed by atoms with Gasteiger partial charge in [0.1, 0.15) is 11.9 Å². The Morgan fingerprint density at radius 3 is 2.41 bits per heavy atom. The standard InChI is InChI=1S/C27H32N4O3/c1-6-31(7-2)24-12-10-21(11-13-24)8-9-22-16-23(18-25(17-22)34-20(3)19-33-5)27(32)28-26-14-15-30(4)29-26/h10-18,20H,6-7,19H2,1-5H3,(H,28,29,32)/t20-/m0/s1. The molecule has 1 aromatic heterocycles. The van der Waals surface area contributed by atoms with E-state index in [-0.39, 0.29) is 12.0 Å². The monoisotopic (exact) mass is 460 g/mol. The van der Waals surface area contributed by atoms with Crippen molar-refractivity contribution in [2.75, 3.05) is 37.0 Å². The van der Waals surface area contributed by atoms with Crippen LogP contribution in [-0.4, -0.2) is 48.6 Å².